The van der Waals surface area contributed by atoms with E-state index < -0.39 is 20.0 Å². The average molecular weight is 171 g/mol. The minimum absolute atomic E-state index is 0.820. The van der Waals surface area contributed by atoms with Crippen molar-refractivity contribution < 1.29 is 29.1 Å². The first kappa shape index (κ1) is 9.38. The van der Waals surface area contributed by atoms with E-state index in [0.717, 1.165) is 0 Å². The molecule has 0 fully saturated rings. The molecule has 0 atom stereocenters. The Kier molecular flexibility index (Phi) is 3.31. The Morgan fingerprint density at radius 2 is 2.10 bits per heavy atom. The molecule has 4 N–H and O–H groups in total. The van der Waals surface area contributed by atoms with Crippen molar-refractivity contribution in [3.05, 3.63) is 0 Å². The first-order chi connectivity index (χ1) is 4.42. The number of hydroxylamine groups is 1. The Balaban J connectivity index is 3.39. The summed E-state index contributed by atoms with van der Waals surface area (Å²) < 4.78 is 9.97. The second kappa shape index (κ2) is 3.52. The summed E-state index contributed by atoms with van der Waals surface area (Å²) in [7, 11) is -4.22. The summed E-state index contributed by atoms with van der Waals surface area (Å²) in [6.45, 7) is 0. The van der Waals surface area contributed by atoms with Gasteiger partial charge in [0.05, 0.1) is 0 Å². The summed E-state index contributed by atoms with van der Waals surface area (Å²) >= 11 is 0. The van der Waals surface area contributed by atoms with Gasteiger partial charge in [0.2, 0.25) is 0 Å². The lowest BCUT2D eigenvalue weighted by molar-refractivity contribution is 0.0493. The molecule has 0 spiro atoms. The van der Waals surface area contributed by atoms with Crippen LogP contribution in [-0.4, -0.2) is 27.3 Å². The van der Waals surface area contributed by atoms with Crippen molar-refractivity contribution in [2.45, 2.75) is 0 Å². The van der Waals surface area contributed by atoms with Gasteiger partial charge in [0, 0.05) is 0 Å². The van der Waals surface area contributed by atoms with E-state index in [1.54, 1.807) is 5.48 Å². The van der Waals surface area contributed by atoms with Crippen molar-refractivity contribution in [3.8, 4) is 0 Å². The minimum Gasteiger partial charge on any atom is -0.448 e. The van der Waals surface area contributed by atoms with Crippen LogP contribution < -0.4 is 5.48 Å². The van der Waals surface area contributed by atoms with Gasteiger partial charge in [0.1, 0.15) is 6.29 Å². The lowest BCUT2D eigenvalue weighted by atomic mass is 11.4. The molecule has 0 aliphatic heterocycles. The number of nitrogens with one attached hydrogen (secondary N) is 1. The number of carboxylic acid groups (broad SMARTS) is 1. The smallest absolute Gasteiger partial charge is 0.448 e. The van der Waals surface area contributed by atoms with E-state index in [1.807, 2.05) is 0 Å². The van der Waals surface area contributed by atoms with Crippen molar-refractivity contribution >= 4 is 13.8 Å². The van der Waals surface area contributed by atoms with E-state index in [1.165, 1.54) is 0 Å². The maximum atomic E-state index is 9.97. The fraction of sp³-hybridized carbons (Fsp3) is 0.500. The summed E-state index contributed by atoms with van der Waals surface area (Å²) in [5.41, 5.74) is 1.56. The summed E-state index contributed by atoms with van der Waals surface area (Å²) in [6.07, 6.45) is -2.47. The lowest BCUT2D eigenvalue weighted by Gasteiger charge is -2.02. The molecule has 0 aromatic rings. The van der Waals surface area contributed by atoms with Crippen LogP contribution in [0.5, 0.6) is 0 Å². The van der Waals surface area contributed by atoms with E-state index >= 15 is 0 Å². The number of rotatable bonds is 3. The Labute approximate surface area is 55.7 Å². The maximum Gasteiger partial charge on any atom is 0.525 e. The van der Waals surface area contributed by atoms with Crippen molar-refractivity contribution in [3.63, 3.8) is 0 Å². The van der Waals surface area contributed by atoms with Crippen molar-refractivity contribution in [2.75, 3.05) is 6.29 Å². The molecular formula is C2H6NO6P. The molecule has 0 radical (unpaired) electrons. The highest BCUT2D eigenvalue weighted by Gasteiger charge is 2.12. The average Bonchev–Trinajstić information content (AvgIpc) is 1.59. The lowest BCUT2D eigenvalue weighted by Crippen LogP contribution is -2.19. The Morgan fingerprint density at radius 3 is 2.40 bits per heavy atom. The van der Waals surface area contributed by atoms with E-state index in [9.17, 15) is 9.36 Å². The molecule has 0 amide bonds. The zero-order valence-corrected chi connectivity index (χ0v) is 5.62. The van der Waals surface area contributed by atoms with Crippen LogP contribution >= 0.6 is 7.60 Å². The predicted octanol–water partition coefficient (Wildman–Crippen LogP) is -0.679. The zero-order valence-electron chi connectivity index (χ0n) is 4.72. The molecule has 0 unspecified atom stereocenters. The SMILES string of the molecule is O=C(O)ONCP(=O)(O)O. The molecule has 0 heterocycles. The largest absolute Gasteiger partial charge is 0.525 e. The van der Waals surface area contributed by atoms with Gasteiger partial charge in [-0.1, -0.05) is 0 Å². The van der Waals surface area contributed by atoms with Gasteiger partial charge in [-0.25, -0.2) is 4.79 Å². The van der Waals surface area contributed by atoms with E-state index in [2.05, 4.69) is 4.84 Å². The first-order valence-corrected chi connectivity index (χ1v) is 3.89. The fourth-order valence-corrected chi connectivity index (χ4v) is 0.411. The molecule has 0 bridgehead atoms. The van der Waals surface area contributed by atoms with Gasteiger partial charge in [-0.15, -0.1) is 5.48 Å². The van der Waals surface area contributed by atoms with Gasteiger partial charge in [0.25, 0.3) is 0 Å². The summed E-state index contributed by atoms with van der Waals surface area (Å²) in [4.78, 5) is 29.4. The van der Waals surface area contributed by atoms with Crippen molar-refractivity contribution in [2.24, 2.45) is 0 Å². The Morgan fingerprint density at radius 1 is 1.60 bits per heavy atom. The van der Waals surface area contributed by atoms with Crippen LogP contribution in [0.15, 0.2) is 0 Å². The van der Waals surface area contributed by atoms with Gasteiger partial charge in [-0.05, 0) is 0 Å². The summed E-state index contributed by atoms with van der Waals surface area (Å²) in [5.74, 6) is 0. The third-order valence-corrected chi connectivity index (χ3v) is 0.971. The Bertz CT molecular complexity index is 161. The number of hydrogen-bond donors (Lipinski definition) is 4. The van der Waals surface area contributed by atoms with Crippen LogP contribution in [0.1, 0.15) is 0 Å². The standard InChI is InChI=1S/C2H6NO6P/c4-2(5)9-3-1-10(6,7)8/h3H,1H2,(H,4,5)(H2,6,7,8). The summed E-state index contributed by atoms with van der Waals surface area (Å²) in [6, 6.07) is 0. The summed E-state index contributed by atoms with van der Waals surface area (Å²) in [5, 5.41) is 7.77. The van der Waals surface area contributed by atoms with Crippen LogP contribution in [0, 0.1) is 0 Å². The van der Waals surface area contributed by atoms with Gasteiger partial charge >= 0.3 is 13.8 Å². The molecule has 0 aliphatic carbocycles. The second-order valence-corrected chi connectivity index (χ2v) is 2.98. The molecule has 0 rings (SSSR count). The van der Waals surface area contributed by atoms with Crippen LogP contribution in [-0.2, 0) is 9.40 Å². The third kappa shape index (κ3) is 7.38. The molecule has 0 saturated carbocycles. The normalized spacial score (nSPS) is 11.0. The van der Waals surface area contributed by atoms with E-state index in [4.69, 9.17) is 14.9 Å². The molecular weight excluding hydrogens is 165 g/mol. The molecule has 0 aromatic heterocycles. The second-order valence-electron chi connectivity index (χ2n) is 1.34. The van der Waals surface area contributed by atoms with Crippen LogP contribution in [0.4, 0.5) is 4.79 Å². The highest BCUT2D eigenvalue weighted by molar-refractivity contribution is 7.51. The van der Waals surface area contributed by atoms with Crippen molar-refractivity contribution in [1.82, 2.24) is 5.48 Å². The quantitative estimate of drug-likeness (QED) is 0.328. The fourth-order valence-electron chi connectivity index (χ4n) is 0.178. The van der Waals surface area contributed by atoms with Crippen LogP contribution in [0.2, 0.25) is 0 Å². The maximum absolute atomic E-state index is 9.97. The molecule has 0 aliphatic rings. The predicted molar refractivity (Wildman–Crippen MR) is 29.2 cm³/mol. The van der Waals surface area contributed by atoms with Gasteiger partial charge in [0.15, 0.2) is 0 Å². The number of carbonyl (C=O) groups is 1. The highest BCUT2D eigenvalue weighted by atomic mass is 31.2. The highest BCUT2D eigenvalue weighted by Crippen LogP contribution is 2.31. The minimum atomic E-state index is -4.22. The molecule has 60 valence electrons. The molecule has 8 heteroatoms. The first-order valence-electron chi connectivity index (χ1n) is 2.09. The molecule has 7 nitrogen and oxygen atoms in total. The molecule has 0 aromatic carbocycles. The van der Waals surface area contributed by atoms with Crippen molar-refractivity contribution in [1.29, 1.82) is 0 Å². The van der Waals surface area contributed by atoms with E-state index in [-0.39, 0.29) is 0 Å². The Hall–Kier alpha value is -0.620. The number of hydrogen-bond acceptors (Lipinski definition) is 4. The van der Waals surface area contributed by atoms with Crippen LogP contribution in [0.3, 0.4) is 0 Å². The van der Waals surface area contributed by atoms with E-state index in [0.29, 0.717) is 0 Å². The van der Waals surface area contributed by atoms with Crippen LogP contribution in [0.25, 0.3) is 0 Å². The third-order valence-electron chi connectivity index (χ3n) is 0.430. The monoisotopic (exact) mass is 171 g/mol. The van der Waals surface area contributed by atoms with Gasteiger partial charge < -0.3 is 19.7 Å². The topological polar surface area (TPSA) is 116 Å². The zero-order chi connectivity index (χ0) is 8.20. The molecule has 0 saturated heterocycles. The van der Waals surface area contributed by atoms with Gasteiger partial charge in [-0.2, -0.15) is 0 Å². The molecule has 10 heavy (non-hydrogen) atoms. The van der Waals surface area contributed by atoms with Gasteiger partial charge in [-0.3, -0.25) is 4.57 Å².